The molecule has 0 atom stereocenters. The minimum absolute atomic E-state index is 0. The van der Waals surface area contributed by atoms with Gasteiger partial charge in [-0.05, 0) is 49.0 Å². The summed E-state index contributed by atoms with van der Waals surface area (Å²) in [7, 11) is 1.77. The molecule has 0 heterocycles. The molecule has 0 aliphatic carbocycles. The average molecular weight is 389 g/mol. The van der Waals surface area contributed by atoms with Crippen molar-refractivity contribution in [2.24, 2.45) is 0 Å². The van der Waals surface area contributed by atoms with Gasteiger partial charge in [0, 0.05) is 18.7 Å². The van der Waals surface area contributed by atoms with Crippen LogP contribution in [-0.2, 0) is 17.6 Å². The van der Waals surface area contributed by atoms with Crippen LogP contribution in [0.3, 0.4) is 0 Å². The molecule has 0 fully saturated rings. The van der Waals surface area contributed by atoms with E-state index in [0.29, 0.717) is 30.0 Å². The van der Waals surface area contributed by atoms with E-state index in [4.69, 9.17) is 4.74 Å². The number of carbonyl (C=O) groups excluding carboxylic acids is 1. The van der Waals surface area contributed by atoms with E-state index in [0.717, 1.165) is 12.1 Å². The van der Waals surface area contributed by atoms with Gasteiger partial charge in [-0.25, -0.2) is 0 Å². The van der Waals surface area contributed by atoms with Gasteiger partial charge in [0.15, 0.2) is 0 Å². The standard InChI is InChI=1S/C18H19F3N2O2.ClH/c1-22-10-9-17(24)23-15-5-7-16(8-6-15)25-12-13-3-2-4-14(11-13)18(19,20)21;/h2-8,11,22H,9-10,12H2,1H3,(H,23,24);1H. The fraction of sp³-hybridized carbons (Fsp3) is 0.278. The van der Waals surface area contributed by atoms with Crippen molar-refractivity contribution in [2.75, 3.05) is 18.9 Å². The zero-order valence-corrected chi connectivity index (χ0v) is 14.9. The first-order valence-corrected chi connectivity index (χ1v) is 7.72. The van der Waals surface area contributed by atoms with Gasteiger partial charge >= 0.3 is 6.18 Å². The molecule has 1 amide bonds. The summed E-state index contributed by atoms with van der Waals surface area (Å²) in [4.78, 5) is 11.6. The van der Waals surface area contributed by atoms with Crippen molar-refractivity contribution in [1.29, 1.82) is 0 Å². The molecule has 0 spiro atoms. The summed E-state index contributed by atoms with van der Waals surface area (Å²) in [5.74, 6) is 0.401. The Morgan fingerprint density at radius 3 is 2.42 bits per heavy atom. The minimum Gasteiger partial charge on any atom is -0.489 e. The summed E-state index contributed by atoms with van der Waals surface area (Å²) in [6.45, 7) is 0.613. The minimum atomic E-state index is -4.37. The van der Waals surface area contributed by atoms with Gasteiger partial charge in [0.2, 0.25) is 5.91 Å². The highest BCUT2D eigenvalue weighted by molar-refractivity contribution is 5.90. The summed E-state index contributed by atoms with van der Waals surface area (Å²) < 4.78 is 43.5. The summed E-state index contributed by atoms with van der Waals surface area (Å²) in [5.41, 5.74) is 0.361. The largest absolute Gasteiger partial charge is 0.489 e. The maximum atomic E-state index is 12.7. The number of alkyl halides is 3. The second kappa shape index (κ2) is 10.0. The Hall–Kier alpha value is -2.25. The number of nitrogens with one attached hydrogen (secondary N) is 2. The third-order valence-corrected chi connectivity index (χ3v) is 3.40. The van der Waals surface area contributed by atoms with Crippen LogP contribution in [-0.4, -0.2) is 19.5 Å². The van der Waals surface area contributed by atoms with Crippen LogP contribution in [0.2, 0.25) is 0 Å². The van der Waals surface area contributed by atoms with Crippen LogP contribution >= 0.6 is 12.4 Å². The van der Waals surface area contributed by atoms with Crippen LogP contribution in [0, 0.1) is 0 Å². The first-order valence-electron chi connectivity index (χ1n) is 7.72. The topological polar surface area (TPSA) is 50.4 Å². The quantitative estimate of drug-likeness (QED) is 0.745. The van der Waals surface area contributed by atoms with Crippen LogP contribution in [0.4, 0.5) is 18.9 Å². The number of carbonyl (C=O) groups is 1. The monoisotopic (exact) mass is 388 g/mol. The molecule has 26 heavy (non-hydrogen) atoms. The van der Waals surface area contributed by atoms with E-state index in [-0.39, 0.29) is 24.9 Å². The van der Waals surface area contributed by atoms with E-state index >= 15 is 0 Å². The predicted octanol–water partition coefficient (Wildman–Crippen LogP) is 4.25. The van der Waals surface area contributed by atoms with Gasteiger partial charge in [0.25, 0.3) is 0 Å². The molecule has 0 aromatic heterocycles. The lowest BCUT2D eigenvalue weighted by Gasteiger charge is -2.11. The first kappa shape index (κ1) is 21.8. The number of ether oxygens (including phenoxy) is 1. The molecule has 0 saturated heterocycles. The molecule has 8 heteroatoms. The van der Waals surface area contributed by atoms with Gasteiger partial charge in [-0.1, -0.05) is 12.1 Å². The molecule has 142 valence electrons. The molecule has 0 aliphatic rings. The van der Waals surface area contributed by atoms with Gasteiger partial charge < -0.3 is 15.4 Å². The lowest BCUT2D eigenvalue weighted by molar-refractivity contribution is -0.137. The smallest absolute Gasteiger partial charge is 0.416 e. The lowest BCUT2D eigenvalue weighted by Crippen LogP contribution is -2.18. The molecule has 2 aromatic rings. The molecule has 0 saturated carbocycles. The first-order chi connectivity index (χ1) is 11.9. The summed E-state index contributed by atoms with van der Waals surface area (Å²) in [6.07, 6.45) is -4.01. The van der Waals surface area contributed by atoms with Crippen LogP contribution < -0.4 is 15.4 Å². The van der Waals surface area contributed by atoms with Crippen molar-refractivity contribution in [3.8, 4) is 5.75 Å². The second-order valence-corrected chi connectivity index (χ2v) is 5.41. The summed E-state index contributed by atoms with van der Waals surface area (Å²) >= 11 is 0. The van der Waals surface area contributed by atoms with Crippen molar-refractivity contribution in [3.63, 3.8) is 0 Å². The number of halogens is 4. The van der Waals surface area contributed by atoms with Crippen LogP contribution in [0.1, 0.15) is 17.5 Å². The van der Waals surface area contributed by atoms with Crippen molar-refractivity contribution in [3.05, 3.63) is 59.7 Å². The Kier molecular flexibility index (Phi) is 8.41. The normalized spacial score (nSPS) is 10.8. The highest BCUT2D eigenvalue weighted by Crippen LogP contribution is 2.29. The molecule has 0 bridgehead atoms. The Bertz CT molecular complexity index is 706. The molecule has 2 N–H and O–H groups in total. The maximum absolute atomic E-state index is 12.7. The number of amides is 1. The Balaban J connectivity index is 0.00000338. The molecule has 2 rings (SSSR count). The molecule has 2 aromatic carbocycles. The van der Waals surface area contributed by atoms with E-state index in [1.165, 1.54) is 6.07 Å². The van der Waals surface area contributed by atoms with E-state index < -0.39 is 11.7 Å². The third-order valence-electron chi connectivity index (χ3n) is 3.40. The summed E-state index contributed by atoms with van der Waals surface area (Å²) in [6, 6.07) is 11.7. The molecule has 0 aliphatic heterocycles. The number of anilines is 1. The average Bonchev–Trinajstić information content (AvgIpc) is 2.59. The van der Waals surface area contributed by atoms with Crippen LogP contribution in [0.5, 0.6) is 5.75 Å². The fourth-order valence-electron chi connectivity index (χ4n) is 2.10. The number of hydrogen-bond donors (Lipinski definition) is 2. The lowest BCUT2D eigenvalue weighted by atomic mass is 10.1. The zero-order chi connectivity index (χ0) is 18.3. The molecule has 4 nitrogen and oxygen atoms in total. The van der Waals surface area contributed by atoms with Gasteiger partial charge in [0.05, 0.1) is 5.56 Å². The van der Waals surface area contributed by atoms with Crippen LogP contribution in [0.15, 0.2) is 48.5 Å². The Labute approximate surface area is 156 Å². The molecule has 0 unspecified atom stereocenters. The number of benzene rings is 2. The van der Waals surface area contributed by atoms with Crippen molar-refractivity contribution < 1.29 is 22.7 Å². The molecular weight excluding hydrogens is 369 g/mol. The van der Waals surface area contributed by atoms with Crippen molar-refractivity contribution >= 4 is 24.0 Å². The fourth-order valence-corrected chi connectivity index (χ4v) is 2.10. The highest BCUT2D eigenvalue weighted by Gasteiger charge is 2.30. The van der Waals surface area contributed by atoms with Crippen molar-refractivity contribution in [2.45, 2.75) is 19.2 Å². The third kappa shape index (κ3) is 6.93. The van der Waals surface area contributed by atoms with Crippen molar-refractivity contribution in [1.82, 2.24) is 5.32 Å². The van der Waals surface area contributed by atoms with E-state index in [1.807, 2.05) is 0 Å². The van der Waals surface area contributed by atoms with Gasteiger partial charge in [-0.2, -0.15) is 13.2 Å². The van der Waals surface area contributed by atoms with Gasteiger partial charge in [-0.15, -0.1) is 12.4 Å². The van der Waals surface area contributed by atoms with E-state index in [2.05, 4.69) is 10.6 Å². The van der Waals surface area contributed by atoms with E-state index in [1.54, 1.807) is 37.4 Å². The van der Waals surface area contributed by atoms with Gasteiger partial charge in [0.1, 0.15) is 12.4 Å². The van der Waals surface area contributed by atoms with Gasteiger partial charge in [-0.3, -0.25) is 4.79 Å². The molecular formula is C18H20ClF3N2O2. The second-order valence-electron chi connectivity index (χ2n) is 5.41. The van der Waals surface area contributed by atoms with Crippen LogP contribution in [0.25, 0.3) is 0 Å². The summed E-state index contributed by atoms with van der Waals surface area (Å²) in [5, 5.41) is 5.63. The number of rotatable bonds is 7. The Morgan fingerprint density at radius 2 is 1.81 bits per heavy atom. The molecule has 0 radical (unpaired) electrons. The zero-order valence-electron chi connectivity index (χ0n) is 14.1. The Morgan fingerprint density at radius 1 is 1.12 bits per heavy atom. The number of hydrogen-bond acceptors (Lipinski definition) is 3. The maximum Gasteiger partial charge on any atom is 0.416 e. The predicted molar refractivity (Wildman–Crippen MR) is 96.6 cm³/mol. The SMILES string of the molecule is CNCCC(=O)Nc1ccc(OCc2cccc(C(F)(F)F)c2)cc1.Cl. The highest BCUT2D eigenvalue weighted by atomic mass is 35.5. The van der Waals surface area contributed by atoms with E-state index in [9.17, 15) is 18.0 Å².